The number of carbonyl (C=O) groups excluding carboxylic acids is 1. The third-order valence-corrected chi connectivity index (χ3v) is 6.13. The summed E-state index contributed by atoms with van der Waals surface area (Å²) in [6.07, 6.45) is 3.64. The lowest BCUT2D eigenvalue weighted by molar-refractivity contribution is 0.101. The molecule has 8 heteroatoms. The molecule has 0 bridgehead atoms. The van der Waals surface area contributed by atoms with Crippen LogP contribution < -0.4 is 10.6 Å². The van der Waals surface area contributed by atoms with Gasteiger partial charge in [0.2, 0.25) is 0 Å². The molecule has 0 unspecified atom stereocenters. The molecule has 0 aromatic rings. The number of hydrogen-bond acceptors (Lipinski definition) is 5. The smallest absolute Gasteiger partial charge is 0.314 e. The van der Waals surface area contributed by atoms with E-state index in [2.05, 4.69) is 15.5 Å². The van der Waals surface area contributed by atoms with Crippen LogP contribution in [-0.2, 0) is 9.84 Å². The molecule has 0 aromatic heterocycles. The third-order valence-electron chi connectivity index (χ3n) is 4.29. The molecular weight excluding hydrogens is 306 g/mol. The van der Waals surface area contributed by atoms with Gasteiger partial charge < -0.3 is 20.6 Å². The Morgan fingerprint density at radius 2 is 1.95 bits per heavy atom. The van der Waals surface area contributed by atoms with Crippen molar-refractivity contribution in [2.24, 2.45) is 5.92 Å². The van der Waals surface area contributed by atoms with Gasteiger partial charge in [0.15, 0.2) is 9.84 Å². The van der Waals surface area contributed by atoms with E-state index < -0.39 is 15.9 Å². The zero-order valence-electron chi connectivity index (χ0n) is 13.0. The number of carbonyl (C=O) groups is 1. The van der Waals surface area contributed by atoms with Crippen LogP contribution in [0.3, 0.4) is 0 Å². The van der Waals surface area contributed by atoms with Crippen molar-refractivity contribution in [3.63, 3.8) is 0 Å². The fraction of sp³-hybridized carbons (Fsp3) is 0.929. The Hall–Kier alpha value is -0.860. The van der Waals surface area contributed by atoms with Crippen LogP contribution >= 0.6 is 0 Å². The first kappa shape index (κ1) is 17.5. The number of nitrogens with one attached hydrogen (secondary N) is 2. The Bertz CT molecular complexity index is 463. The van der Waals surface area contributed by atoms with Crippen LogP contribution in [-0.4, -0.2) is 74.8 Å². The molecular formula is C14H27N3O4S. The maximum Gasteiger partial charge on any atom is 0.314 e. The van der Waals surface area contributed by atoms with E-state index >= 15 is 0 Å². The van der Waals surface area contributed by atoms with Crippen LogP contribution in [0.15, 0.2) is 0 Å². The predicted molar refractivity (Wildman–Crippen MR) is 84.5 cm³/mol. The van der Waals surface area contributed by atoms with Crippen LogP contribution in [0.4, 0.5) is 4.79 Å². The molecule has 2 aliphatic rings. The molecule has 2 atom stereocenters. The molecule has 0 radical (unpaired) electrons. The summed E-state index contributed by atoms with van der Waals surface area (Å²) in [4.78, 5) is 13.9. The fourth-order valence-electron chi connectivity index (χ4n) is 3.05. The second kappa shape index (κ2) is 8.12. The predicted octanol–water partition coefficient (Wildman–Crippen LogP) is -0.433. The summed E-state index contributed by atoms with van der Waals surface area (Å²) in [6.45, 7) is 3.19. The van der Waals surface area contributed by atoms with Crippen molar-refractivity contribution < 1.29 is 18.3 Å². The zero-order valence-corrected chi connectivity index (χ0v) is 13.8. The first-order valence-electron chi connectivity index (χ1n) is 8.07. The number of sulfone groups is 1. The van der Waals surface area contributed by atoms with Gasteiger partial charge in [-0.1, -0.05) is 6.42 Å². The van der Waals surface area contributed by atoms with Gasteiger partial charge in [0.25, 0.3) is 0 Å². The number of β-amino-alcohol motifs (C(OH)–C–C–N with tert-alkyl or cyclic N) is 1. The molecule has 0 spiro atoms. The molecule has 0 aliphatic carbocycles. The van der Waals surface area contributed by atoms with Crippen LogP contribution in [0, 0.1) is 5.92 Å². The highest BCUT2D eigenvalue weighted by Crippen LogP contribution is 2.17. The Morgan fingerprint density at radius 3 is 2.59 bits per heavy atom. The van der Waals surface area contributed by atoms with Crippen LogP contribution in [0.5, 0.6) is 0 Å². The number of amides is 2. The second-order valence-electron chi connectivity index (χ2n) is 6.38. The van der Waals surface area contributed by atoms with E-state index in [0.29, 0.717) is 19.5 Å². The maximum absolute atomic E-state index is 11.7. The summed E-state index contributed by atoms with van der Waals surface area (Å²) in [6, 6.07) is -0.345. The van der Waals surface area contributed by atoms with E-state index in [1.165, 1.54) is 19.3 Å². The van der Waals surface area contributed by atoms with Crippen molar-refractivity contribution in [2.45, 2.75) is 31.8 Å². The summed E-state index contributed by atoms with van der Waals surface area (Å²) in [7, 11) is -2.90. The lowest BCUT2D eigenvalue weighted by Gasteiger charge is -2.28. The lowest BCUT2D eigenvalue weighted by Crippen LogP contribution is -2.45. The second-order valence-corrected chi connectivity index (χ2v) is 8.60. The van der Waals surface area contributed by atoms with Gasteiger partial charge in [0, 0.05) is 19.6 Å². The molecule has 128 valence electrons. The lowest BCUT2D eigenvalue weighted by atomic mass is 10.1. The van der Waals surface area contributed by atoms with Crippen molar-refractivity contribution in [3.8, 4) is 0 Å². The Labute approximate surface area is 132 Å². The molecule has 2 aliphatic heterocycles. The van der Waals surface area contributed by atoms with Gasteiger partial charge in [0.1, 0.15) is 0 Å². The molecule has 2 saturated heterocycles. The van der Waals surface area contributed by atoms with Crippen molar-refractivity contribution >= 4 is 15.9 Å². The highest BCUT2D eigenvalue weighted by Gasteiger charge is 2.27. The number of nitrogens with zero attached hydrogens (tertiary/aromatic N) is 1. The number of rotatable bonds is 6. The monoisotopic (exact) mass is 333 g/mol. The van der Waals surface area contributed by atoms with E-state index in [4.69, 9.17) is 0 Å². The van der Waals surface area contributed by atoms with E-state index in [0.717, 1.165) is 13.1 Å². The number of aliphatic hydroxyl groups is 1. The van der Waals surface area contributed by atoms with Gasteiger partial charge in [0.05, 0.1) is 17.6 Å². The normalized spacial score (nSPS) is 26.5. The van der Waals surface area contributed by atoms with Crippen molar-refractivity contribution in [1.82, 2.24) is 15.5 Å². The van der Waals surface area contributed by atoms with Crippen LogP contribution in [0.1, 0.15) is 25.7 Å². The van der Waals surface area contributed by atoms with Gasteiger partial charge >= 0.3 is 6.03 Å². The molecule has 0 saturated carbocycles. The molecule has 22 heavy (non-hydrogen) atoms. The first-order valence-corrected chi connectivity index (χ1v) is 9.89. The minimum atomic E-state index is -2.90. The summed E-state index contributed by atoms with van der Waals surface area (Å²) < 4.78 is 22.6. The number of aliphatic hydroxyl groups excluding tert-OH is 1. The molecule has 7 nitrogen and oxygen atoms in total. The van der Waals surface area contributed by atoms with E-state index in [1.807, 2.05) is 0 Å². The van der Waals surface area contributed by atoms with Gasteiger partial charge in [-0.2, -0.15) is 0 Å². The van der Waals surface area contributed by atoms with Crippen LogP contribution in [0.2, 0.25) is 0 Å². The van der Waals surface area contributed by atoms with Crippen molar-refractivity contribution in [1.29, 1.82) is 0 Å². The third kappa shape index (κ3) is 6.10. The minimum Gasteiger partial charge on any atom is -0.390 e. The maximum atomic E-state index is 11.7. The summed E-state index contributed by atoms with van der Waals surface area (Å²) >= 11 is 0. The first-order chi connectivity index (χ1) is 10.4. The molecule has 2 amide bonds. The average Bonchev–Trinajstić information content (AvgIpc) is 2.83. The van der Waals surface area contributed by atoms with Crippen LogP contribution in [0.25, 0.3) is 0 Å². The number of hydrogen-bond donors (Lipinski definition) is 3. The topological polar surface area (TPSA) is 98.7 Å². The van der Waals surface area contributed by atoms with E-state index in [1.54, 1.807) is 0 Å². The average molecular weight is 333 g/mol. The largest absolute Gasteiger partial charge is 0.390 e. The van der Waals surface area contributed by atoms with Crippen molar-refractivity contribution in [3.05, 3.63) is 0 Å². The minimum absolute atomic E-state index is 0.00836. The number of likely N-dealkylation sites (tertiary alicyclic amines) is 1. The molecule has 2 fully saturated rings. The highest BCUT2D eigenvalue weighted by atomic mass is 32.2. The Balaban J connectivity index is 1.57. The summed E-state index contributed by atoms with van der Waals surface area (Å²) in [5.74, 6) is 0.384. The zero-order chi connectivity index (χ0) is 16.0. The Morgan fingerprint density at radius 1 is 1.23 bits per heavy atom. The molecule has 2 heterocycles. The van der Waals surface area contributed by atoms with Gasteiger partial charge in [-0.05, 0) is 38.3 Å². The molecule has 0 aromatic carbocycles. The fourth-order valence-corrected chi connectivity index (χ4v) is 4.91. The quantitative estimate of drug-likeness (QED) is 0.612. The number of piperidine rings is 1. The van der Waals surface area contributed by atoms with Crippen molar-refractivity contribution in [2.75, 3.05) is 44.2 Å². The standard InChI is InChI=1S/C14H27N3O4S/c18-13(10-17-5-2-1-3-6-17)9-16-14(19)15-8-12-4-7-22(20,21)11-12/h12-13,18H,1-11H2,(H2,15,16,19)/t12-,13+/m0/s1. The number of urea groups is 1. The van der Waals surface area contributed by atoms with Gasteiger partial charge in [-0.25, -0.2) is 13.2 Å². The van der Waals surface area contributed by atoms with Gasteiger partial charge in [-0.15, -0.1) is 0 Å². The van der Waals surface area contributed by atoms with Gasteiger partial charge in [-0.3, -0.25) is 0 Å². The summed E-state index contributed by atoms with van der Waals surface area (Å²) in [5.41, 5.74) is 0. The highest BCUT2D eigenvalue weighted by molar-refractivity contribution is 7.91. The Kier molecular flexibility index (Phi) is 6.46. The van der Waals surface area contributed by atoms with E-state index in [-0.39, 0.29) is 30.0 Å². The molecule has 2 rings (SSSR count). The van der Waals surface area contributed by atoms with E-state index in [9.17, 15) is 18.3 Å². The summed E-state index contributed by atoms with van der Waals surface area (Å²) in [5, 5.41) is 15.3. The SMILES string of the molecule is O=C(NC[C@@H](O)CN1CCCCC1)NC[C@@H]1CCS(=O)(=O)C1. The molecule has 3 N–H and O–H groups in total.